The van der Waals surface area contributed by atoms with E-state index in [4.69, 9.17) is 10.1 Å². The van der Waals surface area contributed by atoms with Crippen molar-refractivity contribution < 1.29 is 19.4 Å². The lowest BCUT2D eigenvalue weighted by Crippen LogP contribution is -2.29. The number of hydrogen-bond acceptors (Lipinski definition) is 6. The van der Waals surface area contributed by atoms with Gasteiger partial charge in [0, 0.05) is 6.54 Å². The Morgan fingerprint density at radius 1 is 1.40 bits per heavy atom. The van der Waals surface area contributed by atoms with Crippen LogP contribution >= 0.6 is 0 Å². The van der Waals surface area contributed by atoms with E-state index in [0.29, 0.717) is 5.75 Å². The van der Waals surface area contributed by atoms with E-state index in [1.807, 2.05) is 0 Å². The predicted molar refractivity (Wildman–Crippen MR) is 71.2 cm³/mol. The van der Waals surface area contributed by atoms with E-state index < -0.39 is 5.97 Å². The van der Waals surface area contributed by atoms with Crippen LogP contribution in [0.5, 0.6) is 5.75 Å². The van der Waals surface area contributed by atoms with Crippen LogP contribution in [0.4, 0.5) is 0 Å². The van der Waals surface area contributed by atoms with Gasteiger partial charge < -0.3 is 19.5 Å². The molecule has 0 heterocycles. The van der Waals surface area contributed by atoms with Crippen LogP contribution in [0.15, 0.2) is 36.3 Å². The Balaban J connectivity index is 2.85. The second-order valence-corrected chi connectivity index (χ2v) is 3.88. The summed E-state index contributed by atoms with van der Waals surface area (Å²) in [6, 6.07) is 7.13. The first-order valence-electron chi connectivity index (χ1n) is 5.78. The van der Waals surface area contributed by atoms with E-state index in [0.717, 1.165) is 11.8 Å². The van der Waals surface area contributed by atoms with E-state index in [1.54, 1.807) is 31.4 Å². The van der Waals surface area contributed by atoms with Gasteiger partial charge in [-0.25, -0.2) is 0 Å². The molecule has 0 aromatic heterocycles. The van der Waals surface area contributed by atoms with Gasteiger partial charge in [0.15, 0.2) is 4.98 Å². The topological polar surface area (TPSA) is 87.2 Å². The lowest BCUT2D eigenvalue weighted by atomic mass is 10.2. The van der Waals surface area contributed by atoms with Crippen LogP contribution in [-0.2, 0) is 16.1 Å². The number of nitrogens with zero attached hydrogens (tertiary/aromatic N) is 3. The van der Waals surface area contributed by atoms with Gasteiger partial charge in [-0.05, 0) is 17.7 Å². The summed E-state index contributed by atoms with van der Waals surface area (Å²) in [5, 5.41) is 18.2. The number of ether oxygens (including phenoxy) is 2. The first kappa shape index (κ1) is 15.3. The van der Waals surface area contributed by atoms with Crippen molar-refractivity contribution in [3.63, 3.8) is 0 Å². The Kier molecular flexibility index (Phi) is 5.84. The largest absolute Gasteiger partial charge is 0.497 e. The van der Waals surface area contributed by atoms with Gasteiger partial charge in [0.1, 0.15) is 12.3 Å². The fourth-order valence-electron chi connectivity index (χ4n) is 1.52. The lowest BCUT2D eigenvalue weighted by Gasteiger charge is -2.20. The van der Waals surface area contributed by atoms with Crippen LogP contribution in [0, 0.1) is 5.39 Å². The Bertz CT molecular complexity index is 519. The Labute approximate surface area is 116 Å². The number of rotatable bonds is 6. The van der Waals surface area contributed by atoms with Gasteiger partial charge >= 0.3 is 12.2 Å². The van der Waals surface area contributed by atoms with E-state index in [1.165, 1.54) is 12.0 Å². The summed E-state index contributed by atoms with van der Waals surface area (Å²) in [6.45, 7) is 0.0807. The second kappa shape index (κ2) is 7.63. The summed E-state index contributed by atoms with van der Waals surface area (Å²) in [5.74, 6) is -0.150. The third-order valence-electron chi connectivity index (χ3n) is 2.58. The molecule has 20 heavy (non-hydrogen) atoms. The summed E-state index contributed by atoms with van der Waals surface area (Å²) >= 11 is 0. The molecule has 1 aromatic carbocycles. The quantitative estimate of drug-likeness (QED) is 0.485. The van der Waals surface area contributed by atoms with Crippen molar-refractivity contribution in [1.82, 2.24) is 4.90 Å². The summed E-state index contributed by atoms with van der Waals surface area (Å²) in [7, 11) is 2.82. The maximum absolute atomic E-state index is 11.3. The van der Waals surface area contributed by atoms with Gasteiger partial charge in [-0.3, -0.25) is 4.79 Å². The Morgan fingerprint density at radius 3 is 2.55 bits per heavy atom. The lowest BCUT2D eigenvalue weighted by molar-refractivity contribution is -0.142. The highest BCUT2D eigenvalue weighted by Crippen LogP contribution is 2.15. The summed E-state index contributed by atoms with van der Waals surface area (Å²) < 4.78 is 9.60. The van der Waals surface area contributed by atoms with Gasteiger partial charge in [0.2, 0.25) is 5.39 Å². The van der Waals surface area contributed by atoms with Gasteiger partial charge in [-0.1, -0.05) is 12.1 Å². The molecule has 0 aliphatic carbocycles. The molecule has 0 amide bonds. The summed E-state index contributed by atoms with van der Waals surface area (Å²) in [4.78, 5) is 15.4. The Hall–Kier alpha value is -2.75. The highest BCUT2D eigenvalue weighted by molar-refractivity contribution is 5.71. The molecule has 0 bridgehead atoms. The molecule has 106 valence electrons. The van der Waals surface area contributed by atoms with Gasteiger partial charge in [-0.15, -0.1) is 0 Å². The first-order valence-corrected chi connectivity index (χ1v) is 5.78. The third-order valence-corrected chi connectivity index (χ3v) is 2.58. The van der Waals surface area contributed by atoms with Crippen molar-refractivity contribution in [2.45, 2.75) is 6.54 Å². The van der Waals surface area contributed by atoms with Crippen molar-refractivity contribution in [3.05, 3.63) is 46.9 Å². The molecule has 7 heteroatoms. The standard InChI is InChI=1S/C13H15N3O4/c1-19-11-5-3-10(4-6-11)8-16(9-13(18)20-2)12(17)7-15-14/h3-7H,8-9H2,1-2H3/p+1/b12-7-. The monoisotopic (exact) mass is 278 g/mol. The molecule has 1 aromatic rings. The summed E-state index contributed by atoms with van der Waals surface area (Å²) in [6.07, 6.45) is 0.840. The fourth-order valence-corrected chi connectivity index (χ4v) is 1.52. The number of carbonyl (C=O) groups excluding carboxylic acids is 1. The zero-order chi connectivity index (χ0) is 15.0. The van der Waals surface area contributed by atoms with Crippen LogP contribution in [0.3, 0.4) is 0 Å². The molecule has 0 aliphatic rings. The number of carbonyl (C=O) groups is 1. The number of methoxy groups -OCH3 is 2. The van der Waals surface area contributed by atoms with E-state index in [2.05, 4.69) is 9.71 Å². The predicted octanol–water partition coefficient (Wildman–Crippen LogP) is 1.88. The molecular weight excluding hydrogens is 262 g/mol. The Morgan fingerprint density at radius 2 is 2.05 bits per heavy atom. The number of esters is 1. The summed E-state index contributed by atoms with van der Waals surface area (Å²) in [5.41, 5.74) is 0.840. The van der Waals surface area contributed by atoms with Crippen molar-refractivity contribution >= 4 is 5.97 Å². The zero-order valence-electron chi connectivity index (χ0n) is 11.3. The molecule has 0 unspecified atom stereocenters. The second-order valence-electron chi connectivity index (χ2n) is 3.88. The normalized spacial score (nSPS) is 10.6. The first-order chi connectivity index (χ1) is 9.60. The van der Waals surface area contributed by atoms with Crippen LogP contribution in [0.1, 0.15) is 5.56 Å². The van der Waals surface area contributed by atoms with Crippen molar-refractivity contribution in [1.29, 1.82) is 5.39 Å². The molecule has 1 rings (SSSR count). The molecule has 0 fully saturated rings. The molecule has 0 aliphatic heterocycles. The van der Waals surface area contributed by atoms with Crippen LogP contribution < -0.4 is 4.74 Å². The zero-order valence-corrected chi connectivity index (χ0v) is 11.3. The number of diazo groups is 1. The minimum Gasteiger partial charge on any atom is -0.497 e. The number of aliphatic hydroxyl groups is 1. The van der Waals surface area contributed by atoms with Crippen molar-refractivity contribution in [2.75, 3.05) is 20.8 Å². The van der Waals surface area contributed by atoms with Crippen molar-refractivity contribution in [3.8, 4) is 5.75 Å². The van der Waals surface area contributed by atoms with Crippen molar-refractivity contribution in [2.24, 2.45) is 0 Å². The molecular formula is C13H16N3O4+. The van der Waals surface area contributed by atoms with Crippen LogP contribution in [0.25, 0.3) is 4.98 Å². The molecule has 0 saturated carbocycles. The maximum atomic E-state index is 11.3. The molecule has 0 spiro atoms. The van der Waals surface area contributed by atoms with Gasteiger partial charge in [0.25, 0.3) is 5.88 Å². The van der Waals surface area contributed by atoms with Crippen LogP contribution in [-0.4, -0.2) is 36.7 Å². The van der Waals surface area contributed by atoms with Gasteiger partial charge in [-0.2, -0.15) is 0 Å². The van der Waals surface area contributed by atoms with E-state index >= 15 is 0 Å². The molecule has 0 saturated heterocycles. The molecule has 0 radical (unpaired) electrons. The van der Waals surface area contributed by atoms with E-state index in [9.17, 15) is 9.90 Å². The minimum absolute atomic E-state index is 0.166. The van der Waals surface area contributed by atoms with Gasteiger partial charge in [0.05, 0.1) is 14.2 Å². The maximum Gasteiger partial charge on any atom is 0.409 e. The third kappa shape index (κ3) is 4.49. The average molecular weight is 278 g/mol. The highest BCUT2D eigenvalue weighted by atomic mass is 16.5. The average Bonchev–Trinajstić information content (AvgIpc) is 2.47. The fraction of sp³-hybridized carbons (Fsp3) is 0.308. The minimum atomic E-state index is -0.517. The number of hydrogen-bond donors (Lipinski definition) is 1. The smallest absolute Gasteiger partial charge is 0.409 e. The van der Waals surface area contributed by atoms with Crippen LogP contribution in [0.2, 0.25) is 0 Å². The number of aliphatic hydroxyl groups excluding tert-OH is 1. The highest BCUT2D eigenvalue weighted by Gasteiger charge is 2.17. The molecule has 0 atom stereocenters. The van der Waals surface area contributed by atoms with E-state index in [-0.39, 0.29) is 19.0 Å². The number of benzene rings is 1. The molecule has 1 N–H and O–H groups in total. The SMILES string of the molecule is COC(=O)CN(Cc1ccc(OC)cc1)/C(O)=C/[N+]#N. The molecule has 7 nitrogen and oxygen atoms in total.